The van der Waals surface area contributed by atoms with Gasteiger partial charge in [-0.25, -0.2) is 10.3 Å². The molecule has 0 atom stereocenters. The molecule has 60 valence electrons. The third-order valence-corrected chi connectivity index (χ3v) is 1.96. The van der Waals surface area contributed by atoms with Crippen LogP contribution in [-0.2, 0) is 0 Å². The van der Waals surface area contributed by atoms with Crippen LogP contribution in [0.2, 0.25) is 0 Å². The van der Waals surface area contributed by atoms with Gasteiger partial charge in [-0.1, -0.05) is 18.2 Å². The van der Waals surface area contributed by atoms with Gasteiger partial charge in [0, 0.05) is 0 Å². The maximum absolute atomic E-state index is 10.8. The largest absolute Gasteiger partial charge is 0.351 e. The lowest BCUT2D eigenvalue weighted by Gasteiger charge is -2.14. The number of carbonyl (C=O) groups excluding carboxylic acids is 1. The molecule has 0 spiro atoms. The van der Waals surface area contributed by atoms with Gasteiger partial charge in [0.15, 0.2) is 0 Å². The summed E-state index contributed by atoms with van der Waals surface area (Å²) in [6.07, 6.45) is 5.50. The molecular weight excluding hydrogens is 164 g/mol. The molecular formula is C6H8N2O2S. The summed E-state index contributed by atoms with van der Waals surface area (Å²) in [6.45, 7) is 0.490. The summed E-state index contributed by atoms with van der Waals surface area (Å²) in [5.41, 5.74) is 1.56. The van der Waals surface area contributed by atoms with Crippen molar-refractivity contribution in [2.75, 3.05) is 6.54 Å². The number of nitrogens with zero attached hydrogens (tertiary/aromatic N) is 1. The zero-order valence-corrected chi connectivity index (χ0v) is 6.54. The smallest absolute Gasteiger partial charge is 0.287 e. The van der Waals surface area contributed by atoms with Gasteiger partial charge in [0.2, 0.25) is 0 Å². The van der Waals surface area contributed by atoms with Crippen LogP contribution in [0, 0.1) is 0 Å². The van der Waals surface area contributed by atoms with E-state index in [2.05, 4.69) is 0 Å². The van der Waals surface area contributed by atoms with E-state index in [0.29, 0.717) is 6.54 Å². The van der Waals surface area contributed by atoms with Crippen molar-refractivity contribution in [1.29, 1.82) is 0 Å². The van der Waals surface area contributed by atoms with Gasteiger partial charge in [0.25, 0.3) is 0 Å². The highest BCUT2D eigenvalue weighted by atomic mass is 32.2. The molecule has 0 aromatic carbocycles. The molecule has 1 rings (SSSR count). The standard InChI is InChI=1S/C6H8N2O2S/c9-6(7-10)8-4-2-1-3-5-11-8/h1-3,5,10H,4H2,(H,7,9). The van der Waals surface area contributed by atoms with Gasteiger partial charge < -0.3 is 0 Å². The molecule has 1 aliphatic heterocycles. The Kier molecular flexibility index (Phi) is 3.00. The lowest BCUT2D eigenvalue weighted by atomic mass is 10.5. The Balaban J connectivity index is 2.52. The molecule has 11 heavy (non-hydrogen) atoms. The first kappa shape index (κ1) is 8.16. The van der Waals surface area contributed by atoms with Crippen molar-refractivity contribution in [3.8, 4) is 0 Å². The van der Waals surface area contributed by atoms with E-state index < -0.39 is 6.03 Å². The van der Waals surface area contributed by atoms with Crippen LogP contribution in [-0.4, -0.2) is 22.1 Å². The lowest BCUT2D eigenvalue weighted by Crippen LogP contribution is -2.32. The van der Waals surface area contributed by atoms with Gasteiger partial charge in [0.05, 0.1) is 6.54 Å². The Morgan fingerprint density at radius 2 is 2.45 bits per heavy atom. The Hall–Kier alpha value is -0.940. The van der Waals surface area contributed by atoms with Gasteiger partial charge in [0.1, 0.15) is 0 Å². The number of hydrogen-bond donors (Lipinski definition) is 2. The van der Waals surface area contributed by atoms with E-state index in [4.69, 9.17) is 5.21 Å². The van der Waals surface area contributed by atoms with E-state index in [1.54, 1.807) is 10.9 Å². The van der Waals surface area contributed by atoms with E-state index in [-0.39, 0.29) is 0 Å². The molecule has 2 N–H and O–H groups in total. The number of nitrogens with one attached hydrogen (secondary N) is 1. The topological polar surface area (TPSA) is 52.6 Å². The van der Waals surface area contributed by atoms with Gasteiger partial charge in [-0.05, 0) is 17.4 Å². The molecule has 0 aromatic heterocycles. The van der Waals surface area contributed by atoms with E-state index >= 15 is 0 Å². The monoisotopic (exact) mass is 172 g/mol. The van der Waals surface area contributed by atoms with Crippen LogP contribution >= 0.6 is 11.9 Å². The first-order valence-corrected chi connectivity index (χ1v) is 3.88. The SMILES string of the molecule is O=C(NO)N1CC=CC=CS1. The van der Waals surface area contributed by atoms with Crippen LogP contribution in [0.4, 0.5) is 4.79 Å². The van der Waals surface area contributed by atoms with Crippen molar-refractivity contribution < 1.29 is 10.0 Å². The summed E-state index contributed by atoms with van der Waals surface area (Å²) in [5, 5.41) is 10.0. The van der Waals surface area contributed by atoms with Crippen molar-refractivity contribution in [3.05, 3.63) is 23.6 Å². The highest BCUT2D eigenvalue weighted by molar-refractivity contribution is 8.00. The number of carbonyl (C=O) groups is 1. The number of amides is 2. The summed E-state index contributed by atoms with van der Waals surface area (Å²) in [7, 11) is 0. The lowest BCUT2D eigenvalue weighted by molar-refractivity contribution is 0.151. The van der Waals surface area contributed by atoms with Gasteiger partial charge in [-0.2, -0.15) is 0 Å². The van der Waals surface area contributed by atoms with Crippen LogP contribution < -0.4 is 5.48 Å². The second-order valence-corrected chi connectivity index (χ2v) is 2.76. The summed E-state index contributed by atoms with van der Waals surface area (Å²) >= 11 is 1.23. The van der Waals surface area contributed by atoms with Crippen molar-refractivity contribution in [3.63, 3.8) is 0 Å². The van der Waals surface area contributed by atoms with Gasteiger partial charge in [-0.15, -0.1) is 0 Å². The highest BCUT2D eigenvalue weighted by Gasteiger charge is 2.10. The normalized spacial score (nSPS) is 16.3. The summed E-state index contributed by atoms with van der Waals surface area (Å²) < 4.78 is 1.39. The molecule has 1 aliphatic rings. The molecule has 4 nitrogen and oxygen atoms in total. The summed E-state index contributed by atoms with van der Waals surface area (Å²) in [4.78, 5) is 10.8. The van der Waals surface area contributed by atoms with E-state index in [0.717, 1.165) is 0 Å². The van der Waals surface area contributed by atoms with Gasteiger partial charge >= 0.3 is 6.03 Å². The first-order valence-electron chi connectivity index (χ1n) is 3.04. The molecule has 0 fully saturated rings. The predicted molar refractivity (Wildman–Crippen MR) is 42.9 cm³/mol. The predicted octanol–water partition coefficient (Wildman–Crippen LogP) is 1.12. The molecule has 0 aliphatic carbocycles. The molecule has 0 saturated carbocycles. The quantitative estimate of drug-likeness (QED) is 0.327. The summed E-state index contributed by atoms with van der Waals surface area (Å²) in [5.74, 6) is 0. The average molecular weight is 172 g/mol. The van der Waals surface area contributed by atoms with Crippen LogP contribution in [0.15, 0.2) is 23.6 Å². The van der Waals surface area contributed by atoms with E-state index in [1.165, 1.54) is 16.3 Å². The fourth-order valence-corrected chi connectivity index (χ4v) is 1.24. The molecule has 2 amide bonds. The molecule has 0 saturated heterocycles. The molecule has 0 aromatic rings. The van der Waals surface area contributed by atoms with Crippen LogP contribution in [0.5, 0.6) is 0 Å². The molecule has 0 radical (unpaired) electrons. The Morgan fingerprint density at radius 1 is 1.64 bits per heavy atom. The fourth-order valence-electron chi connectivity index (χ4n) is 0.619. The Morgan fingerprint density at radius 3 is 3.18 bits per heavy atom. The fraction of sp³-hybridized carbons (Fsp3) is 0.167. The van der Waals surface area contributed by atoms with Crippen molar-refractivity contribution >= 4 is 18.0 Å². The second kappa shape index (κ2) is 4.05. The van der Waals surface area contributed by atoms with Crippen molar-refractivity contribution in [2.24, 2.45) is 0 Å². The third-order valence-electron chi connectivity index (χ3n) is 1.11. The highest BCUT2D eigenvalue weighted by Crippen LogP contribution is 2.13. The molecule has 1 heterocycles. The van der Waals surface area contributed by atoms with Crippen molar-refractivity contribution in [2.45, 2.75) is 0 Å². The minimum Gasteiger partial charge on any atom is -0.287 e. The molecule has 0 unspecified atom stereocenters. The molecule has 0 bridgehead atoms. The van der Waals surface area contributed by atoms with Crippen LogP contribution in [0.3, 0.4) is 0 Å². The minimum absolute atomic E-state index is 0.490. The first-order chi connectivity index (χ1) is 5.34. The van der Waals surface area contributed by atoms with E-state index in [9.17, 15) is 4.79 Å². The summed E-state index contributed by atoms with van der Waals surface area (Å²) in [6, 6.07) is -0.508. The second-order valence-electron chi connectivity index (χ2n) is 1.84. The zero-order chi connectivity index (χ0) is 8.10. The number of urea groups is 1. The number of hydroxylamine groups is 1. The Labute approximate surface area is 68.7 Å². The zero-order valence-electron chi connectivity index (χ0n) is 5.73. The minimum atomic E-state index is -0.508. The van der Waals surface area contributed by atoms with E-state index in [1.807, 2.05) is 18.2 Å². The number of rotatable bonds is 0. The van der Waals surface area contributed by atoms with Gasteiger partial charge in [-0.3, -0.25) is 9.51 Å². The van der Waals surface area contributed by atoms with Crippen LogP contribution in [0.1, 0.15) is 0 Å². The maximum atomic E-state index is 10.8. The average Bonchev–Trinajstić information content (AvgIpc) is 2.30. The number of allylic oxidation sites excluding steroid dienone is 2. The number of hydrogen-bond acceptors (Lipinski definition) is 3. The molecule has 5 heteroatoms. The Bertz CT molecular complexity index is 189. The third kappa shape index (κ3) is 2.28. The van der Waals surface area contributed by atoms with Crippen LogP contribution in [0.25, 0.3) is 0 Å². The maximum Gasteiger partial charge on any atom is 0.351 e. The van der Waals surface area contributed by atoms with Crippen molar-refractivity contribution in [1.82, 2.24) is 9.79 Å².